The fourth-order valence-corrected chi connectivity index (χ4v) is 2.99. The number of rotatable bonds is 6. The Morgan fingerprint density at radius 1 is 1.50 bits per heavy atom. The highest BCUT2D eigenvalue weighted by Crippen LogP contribution is 2.29. The van der Waals surface area contributed by atoms with Crippen molar-refractivity contribution in [1.29, 1.82) is 0 Å². The van der Waals surface area contributed by atoms with Crippen molar-refractivity contribution >= 4 is 51.5 Å². The van der Waals surface area contributed by atoms with E-state index in [9.17, 15) is 14.7 Å². The van der Waals surface area contributed by atoms with Gasteiger partial charge in [-0.2, -0.15) is 5.10 Å². The van der Waals surface area contributed by atoms with Gasteiger partial charge in [0.1, 0.15) is 6.61 Å². The summed E-state index contributed by atoms with van der Waals surface area (Å²) in [6, 6.07) is 5.33. The Morgan fingerprint density at radius 3 is 2.81 bits per heavy atom. The first-order chi connectivity index (χ1) is 12.2. The fourth-order valence-electron chi connectivity index (χ4n) is 2.09. The van der Waals surface area contributed by atoms with Gasteiger partial charge in [-0.1, -0.05) is 11.6 Å². The number of hydrogen-bond acceptors (Lipinski definition) is 6. The molecule has 26 heavy (non-hydrogen) atoms. The molecule has 1 heterocycles. The van der Waals surface area contributed by atoms with Crippen LogP contribution in [0, 0.1) is 10.5 Å². The minimum absolute atomic E-state index is 0.0372. The van der Waals surface area contributed by atoms with Crippen LogP contribution >= 0.6 is 34.2 Å². The third kappa shape index (κ3) is 4.93. The summed E-state index contributed by atoms with van der Waals surface area (Å²) >= 11 is 8.36. The summed E-state index contributed by atoms with van der Waals surface area (Å²) in [5.41, 5.74) is 2.88. The van der Waals surface area contributed by atoms with E-state index in [1.807, 2.05) is 6.07 Å². The molecule has 1 unspecified atom stereocenters. The molecule has 0 radical (unpaired) electrons. The molecule has 10 heteroatoms. The molecule has 0 spiro atoms. The molecule has 3 N–H and O–H groups in total. The van der Waals surface area contributed by atoms with E-state index in [0.717, 1.165) is 8.25 Å². The fraction of sp³-hybridized carbons (Fsp3) is 0.312. The Hall–Kier alpha value is -1.69. The molecule has 0 saturated carbocycles. The summed E-state index contributed by atoms with van der Waals surface area (Å²) < 4.78 is 2.01. The molecule has 0 aliphatic heterocycles. The molecular formula is C16H18ClIN4O4. The number of hydroxylamine groups is 1. The molecule has 0 fully saturated rings. The van der Waals surface area contributed by atoms with Gasteiger partial charge in [0.05, 0.1) is 22.5 Å². The van der Waals surface area contributed by atoms with E-state index in [1.165, 1.54) is 14.0 Å². The minimum atomic E-state index is -0.742. The zero-order chi connectivity index (χ0) is 19.4. The number of aliphatic hydroxyl groups is 1. The number of aromatic nitrogens is 2. The molecule has 1 aromatic carbocycles. The van der Waals surface area contributed by atoms with Crippen LogP contribution in [0.5, 0.6) is 0 Å². The van der Waals surface area contributed by atoms with Crippen LogP contribution in [-0.4, -0.2) is 33.5 Å². The smallest absolute Gasteiger partial charge is 0.297 e. The van der Waals surface area contributed by atoms with E-state index in [4.69, 9.17) is 16.4 Å². The Morgan fingerprint density at radius 2 is 2.19 bits per heavy atom. The normalized spacial score (nSPS) is 11.9. The maximum Gasteiger partial charge on any atom is 0.297 e. The van der Waals surface area contributed by atoms with Crippen LogP contribution in [0.15, 0.2) is 23.0 Å². The SMILES string of the molecule is Cc1c(Nc2ccc(I)cc2Cl)c(C(=O)NOCC(C)O)nn(C)c1=O. The molecule has 140 valence electrons. The number of carbonyl (C=O) groups excluding carboxylic acids is 1. The number of nitrogens with one attached hydrogen (secondary N) is 2. The Kier molecular flexibility index (Phi) is 6.98. The van der Waals surface area contributed by atoms with Crippen molar-refractivity contribution in [1.82, 2.24) is 15.3 Å². The quantitative estimate of drug-likeness (QED) is 0.421. The molecule has 1 aromatic heterocycles. The van der Waals surface area contributed by atoms with E-state index in [0.29, 0.717) is 16.3 Å². The minimum Gasteiger partial charge on any atom is -0.391 e. The first-order valence-electron chi connectivity index (χ1n) is 7.61. The second-order valence-corrected chi connectivity index (χ2v) is 7.27. The van der Waals surface area contributed by atoms with Gasteiger partial charge in [0.2, 0.25) is 0 Å². The Bertz CT molecular complexity index is 885. The lowest BCUT2D eigenvalue weighted by atomic mass is 10.2. The van der Waals surface area contributed by atoms with Crippen molar-refractivity contribution in [3.63, 3.8) is 0 Å². The van der Waals surface area contributed by atoms with Gasteiger partial charge in [-0.05, 0) is 54.6 Å². The Labute approximate surface area is 168 Å². The van der Waals surface area contributed by atoms with Crippen LogP contribution in [0.4, 0.5) is 11.4 Å². The molecule has 2 aromatic rings. The first-order valence-corrected chi connectivity index (χ1v) is 9.06. The van der Waals surface area contributed by atoms with Crippen LogP contribution in [0.25, 0.3) is 0 Å². The van der Waals surface area contributed by atoms with Crippen molar-refractivity contribution in [2.24, 2.45) is 7.05 Å². The standard InChI is InChI=1S/C16H18ClIN4O4/c1-8(23)7-26-21-15(24)14-13(9(2)16(25)22(3)20-14)19-12-5-4-10(18)6-11(12)17/h4-6,8,19,23H,7H2,1-3H3,(H,21,24). The highest BCUT2D eigenvalue weighted by Gasteiger charge is 2.20. The van der Waals surface area contributed by atoms with Crippen LogP contribution in [-0.2, 0) is 11.9 Å². The average Bonchev–Trinajstić information content (AvgIpc) is 2.56. The third-order valence-electron chi connectivity index (χ3n) is 3.37. The van der Waals surface area contributed by atoms with E-state index in [1.54, 1.807) is 19.1 Å². The zero-order valence-corrected chi connectivity index (χ0v) is 17.3. The van der Waals surface area contributed by atoms with Crippen LogP contribution in [0.1, 0.15) is 23.0 Å². The van der Waals surface area contributed by atoms with Gasteiger partial charge in [0.25, 0.3) is 11.5 Å². The number of aliphatic hydroxyl groups excluding tert-OH is 1. The van der Waals surface area contributed by atoms with E-state index in [2.05, 4.69) is 38.5 Å². The van der Waals surface area contributed by atoms with E-state index in [-0.39, 0.29) is 23.5 Å². The maximum absolute atomic E-state index is 12.4. The van der Waals surface area contributed by atoms with Gasteiger partial charge in [-0.3, -0.25) is 14.4 Å². The van der Waals surface area contributed by atoms with Gasteiger partial charge in [-0.25, -0.2) is 10.2 Å². The van der Waals surface area contributed by atoms with E-state index < -0.39 is 12.0 Å². The van der Waals surface area contributed by atoms with Crippen molar-refractivity contribution < 1.29 is 14.7 Å². The van der Waals surface area contributed by atoms with Crippen LogP contribution in [0.3, 0.4) is 0 Å². The van der Waals surface area contributed by atoms with E-state index >= 15 is 0 Å². The van der Waals surface area contributed by atoms with Gasteiger partial charge in [0.15, 0.2) is 5.69 Å². The van der Waals surface area contributed by atoms with Crippen molar-refractivity contribution in [2.45, 2.75) is 20.0 Å². The van der Waals surface area contributed by atoms with Crippen molar-refractivity contribution in [3.05, 3.63) is 48.4 Å². The van der Waals surface area contributed by atoms with Gasteiger partial charge < -0.3 is 10.4 Å². The van der Waals surface area contributed by atoms with Gasteiger partial charge in [-0.15, -0.1) is 0 Å². The summed E-state index contributed by atoms with van der Waals surface area (Å²) in [4.78, 5) is 29.6. The molecule has 0 aliphatic rings. The molecule has 0 bridgehead atoms. The summed E-state index contributed by atoms with van der Waals surface area (Å²) in [6.07, 6.45) is -0.742. The lowest BCUT2D eigenvalue weighted by Crippen LogP contribution is -2.33. The van der Waals surface area contributed by atoms with Gasteiger partial charge in [0, 0.05) is 16.2 Å². The molecule has 0 aliphatic carbocycles. The van der Waals surface area contributed by atoms with Crippen molar-refractivity contribution in [2.75, 3.05) is 11.9 Å². The molecule has 0 saturated heterocycles. The van der Waals surface area contributed by atoms with Crippen LogP contribution < -0.4 is 16.4 Å². The average molecular weight is 493 g/mol. The molecule has 8 nitrogen and oxygen atoms in total. The predicted octanol–water partition coefficient (Wildman–Crippen LogP) is 2.13. The number of aryl methyl sites for hydroxylation is 1. The third-order valence-corrected chi connectivity index (χ3v) is 4.36. The Balaban J connectivity index is 2.41. The largest absolute Gasteiger partial charge is 0.391 e. The topological polar surface area (TPSA) is 105 Å². The number of anilines is 2. The number of hydrogen-bond donors (Lipinski definition) is 3. The van der Waals surface area contributed by atoms with Gasteiger partial charge >= 0.3 is 0 Å². The summed E-state index contributed by atoms with van der Waals surface area (Å²) in [5, 5.41) is 16.7. The predicted molar refractivity (Wildman–Crippen MR) is 107 cm³/mol. The molecule has 2 rings (SSSR count). The number of benzene rings is 1. The highest BCUT2D eigenvalue weighted by atomic mass is 127. The second-order valence-electron chi connectivity index (χ2n) is 5.62. The highest BCUT2D eigenvalue weighted by molar-refractivity contribution is 14.1. The zero-order valence-electron chi connectivity index (χ0n) is 14.3. The summed E-state index contributed by atoms with van der Waals surface area (Å²) in [7, 11) is 1.45. The monoisotopic (exact) mass is 492 g/mol. The second kappa shape index (κ2) is 8.80. The first kappa shape index (κ1) is 20.6. The molecule has 1 amide bonds. The van der Waals surface area contributed by atoms with Crippen LogP contribution in [0.2, 0.25) is 5.02 Å². The van der Waals surface area contributed by atoms with Crippen molar-refractivity contribution in [3.8, 4) is 0 Å². The number of carbonyl (C=O) groups is 1. The number of halogens is 2. The summed E-state index contributed by atoms with van der Waals surface area (Å²) in [6.45, 7) is 3.02. The number of nitrogens with zero attached hydrogens (tertiary/aromatic N) is 2. The number of amides is 1. The molecular weight excluding hydrogens is 475 g/mol. The lowest BCUT2D eigenvalue weighted by Gasteiger charge is -2.16. The maximum atomic E-state index is 12.4. The lowest BCUT2D eigenvalue weighted by molar-refractivity contribution is -0.00717. The molecule has 1 atom stereocenters. The summed E-state index contributed by atoms with van der Waals surface area (Å²) in [5.74, 6) is -0.659.